The molecule has 0 spiro atoms. The molecule has 0 aliphatic heterocycles. The molecule has 0 radical (unpaired) electrons. The Kier molecular flexibility index (Phi) is 6.92. The Balaban J connectivity index is 1.71. The average Bonchev–Trinajstić information content (AvgIpc) is 3.21. The number of carboxylic acid groups (broad SMARTS) is 1. The summed E-state index contributed by atoms with van der Waals surface area (Å²) in [5, 5.41) is 23.8. The van der Waals surface area contributed by atoms with Gasteiger partial charge in [0.05, 0.1) is 11.1 Å². The number of benzene rings is 2. The van der Waals surface area contributed by atoms with Gasteiger partial charge in [-0.05, 0) is 67.5 Å². The lowest BCUT2D eigenvalue weighted by molar-refractivity contribution is -0.137. The number of phenols is 1. The number of hydrogen-bond donors (Lipinski definition) is 3. The van der Waals surface area contributed by atoms with Crippen LogP contribution >= 0.6 is 0 Å². The fourth-order valence-corrected chi connectivity index (χ4v) is 4.83. The van der Waals surface area contributed by atoms with Crippen LogP contribution in [-0.4, -0.2) is 41.7 Å². The summed E-state index contributed by atoms with van der Waals surface area (Å²) in [7, 11) is 0. The van der Waals surface area contributed by atoms with Crippen molar-refractivity contribution in [2.24, 2.45) is 5.92 Å². The Morgan fingerprint density at radius 3 is 2.38 bits per heavy atom. The summed E-state index contributed by atoms with van der Waals surface area (Å²) >= 11 is 0. The molecule has 8 nitrogen and oxygen atoms in total. The molecule has 5 rings (SSSR count). The second-order valence-corrected chi connectivity index (χ2v) is 9.92. The first-order valence-corrected chi connectivity index (χ1v) is 12.8. The standard InChI is InChI=1S/C28H28F3N5O3/c1-3-16-9-12-21(37)20(13-16)26-35-24-22(36(26)14-17-7-10-19(11-8-17)28(29,30)31)23(33-25(34-24)27(38)39)32-15(2)18-5-4-6-18/h7-13,15,18,37H,3-6,14H2,1-2H3,(H,38,39)(H,32,33,34)/t15-/m1/s1. The number of anilines is 1. The molecule has 11 heteroatoms. The van der Waals surface area contributed by atoms with Crippen molar-refractivity contribution in [1.82, 2.24) is 19.5 Å². The van der Waals surface area contributed by atoms with Crippen molar-refractivity contribution in [3.05, 3.63) is 65.0 Å². The molecule has 0 unspecified atom stereocenters. The summed E-state index contributed by atoms with van der Waals surface area (Å²) in [6, 6.07) is 9.93. The highest BCUT2D eigenvalue weighted by molar-refractivity contribution is 5.92. The molecule has 3 N–H and O–H groups in total. The number of alkyl halides is 3. The van der Waals surface area contributed by atoms with Gasteiger partial charge in [-0.2, -0.15) is 13.2 Å². The molecule has 204 valence electrons. The van der Waals surface area contributed by atoms with Crippen molar-refractivity contribution < 1.29 is 28.2 Å². The second-order valence-electron chi connectivity index (χ2n) is 9.92. The molecule has 1 atom stereocenters. The quantitative estimate of drug-likeness (QED) is 0.247. The lowest BCUT2D eigenvalue weighted by Gasteiger charge is -2.32. The lowest BCUT2D eigenvalue weighted by atomic mass is 9.80. The van der Waals surface area contributed by atoms with Gasteiger partial charge in [-0.15, -0.1) is 0 Å². The van der Waals surface area contributed by atoms with Crippen LogP contribution in [0.15, 0.2) is 42.5 Å². The highest BCUT2D eigenvalue weighted by Gasteiger charge is 2.31. The van der Waals surface area contributed by atoms with Crippen molar-refractivity contribution in [3.8, 4) is 17.1 Å². The summed E-state index contributed by atoms with van der Waals surface area (Å²) in [6.07, 6.45) is -0.558. The van der Waals surface area contributed by atoms with E-state index < -0.39 is 23.5 Å². The van der Waals surface area contributed by atoms with E-state index in [4.69, 9.17) is 0 Å². The van der Waals surface area contributed by atoms with Crippen LogP contribution in [0, 0.1) is 5.92 Å². The molecule has 0 saturated heterocycles. The summed E-state index contributed by atoms with van der Waals surface area (Å²) in [5.41, 5.74) is 1.63. The van der Waals surface area contributed by atoms with Crippen LogP contribution in [-0.2, 0) is 19.1 Å². The van der Waals surface area contributed by atoms with Gasteiger partial charge in [-0.1, -0.05) is 31.5 Å². The highest BCUT2D eigenvalue weighted by atomic mass is 19.4. The van der Waals surface area contributed by atoms with E-state index in [9.17, 15) is 28.2 Å². The number of hydrogen-bond acceptors (Lipinski definition) is 6. The number of nitrogens with zero attached hydrogens (tertiary/aromatic N) is 4. The Labute approximate surface area is 222 Å². The molecule has 1 saturated carbocycles. The third-order valence-corrected chi connectivity index (χ3v) is 7.35. The number of aromatic nitrogens is 4. The maximum Gasteiger partial charge on any atom is 0.416 e. The van der Waals surface area contributed by atoms with E-state index in [1.165, 1.54) is 12.1 Å². The Hall–Kier alpha value is -4.15. The largest absolute Gasteiger partial charge is 0.507 e. The van der Waals surface area contributed by atoms with Crippen molar-refractivity contribution in [1.29, 1.82) is 0 Å². The number of carboxylic acids is 1. The van der Waals surface area contributed by atoms with E-state index in [-0.39, 0.29) is 29.8 Å². The fourth-order valence-electron chi connectivity index (χ4n) is 4.83. The molecule has 39 heavy (non-hydrogen) atoms. The van der Waals surface area contributed by atoms with Crippen LogP contribution < -0.4 is 5.32 Å². The van der Waals surface area contributed by atoms with E-state index >= 15 is 0 Å². The topological polar surface area (TPSA) is 113 Å². The van der Waals surface area contributed by atoms with Gasteiger partial charge in [0, 0.05) is 12.6 Å². The van der Waals surface area contributed by atoms with Crippen molar-refractivity contribution >= 4 is 23.0 Å². The molecule has 4 aromatic rings. The van der Waals surface area contributed by atoms with E-state index in [0.717, 1.165) is 37.0 Å². The van der Waals surface area contributed by atoms with Gasteiger partial charge in [-0.3, -0.25) is 0 Å². The molecule has 0 amide bonds. The Bertz CT molecular complexity index is 1530. The van der Waals surface area contributed by atoms with E-state index in [2.05, 4.69) is 20.3 Å². The SMILES string of the molecule is CCc1ccc(O)c(-c2nc3nc(C(=O)O)nc(N[C@H](C)C4CCC4)c3n2Cc2ccc(C(F)(F)F)cc2)c1. The van der Waals surface area contributed by atoms with Gasteiger partial charge in [0.1, 0.15) is 17.1 Å². The van der Waals surface area contributed by atoms with Gasteiger partial charge in [0.15, 0.2) is 11.5 Å². The number of aromatic hydroxyl groups is 1. The second kappa shape index (κ2) is 10.2. The number of carbonyl (C=O) groups is 1. The van der Waals surface area contributed by atoms with Crippen LogP contribution in [0.3, 0.4) is 0 Å². The zero-order chi connectivity index (χ0) is 27.9. The fraction of sp³-hybridized carbons (Fsp3) is 0.357. The first-order valence-electron chi connectivity index (χ1n) is 12.8. The third-order valence-electron chi connectivity index (χ3n) is 7.35. The average molecular weight is 540 g/mol. The normalized spacial score (nSPS) is 14.8. The zero-order valence-electron chi connectivity index (χ0n) is 21.5. The van der Waals surface area contributed by atoms with Crippen LogP contribution in [0.25, 0.3) is 22.6 Å². The van der Waals surface area contributed by atoms with E-state index in [0.29, 0.717) is 34.8 Å². The van der Waals surface area contributed by atoms with Crippen molar-refractivity contribution in [2.45, 2.75) is 58.3 Å². The number of phenolic OH excluding ortho intramolecular Hbond substituents is 1. The highest BCUT2D eigenvalue weighted by Crippen LogP contribution is 2.37. The third kappa shape index (κ3) is 5.25. The lowest BCUT2D eigenvalue weighted by Crippen LogP contribution is -2.31. The number of aromatic carboxylic acids is 1. The predicted octanol–water partition coefficient (Wildman–Crippen LogP) is 6.13. The Morgan fingerprint density at radius 2 is 1.79 bits per heavy atom. The molecule has 1 fully saturated rings. The minimum absolute atomic E-state index is 0.00631. The maximum atomic E-state index is 13.2. The van der Waals surface area contributed by atoms with Gasteiger partial charge < -0.3 is 20.1 Å². The minimum atomic E-state index is -4.46. The maximum absolute atomic E-state index is 13.2. The van der Waals surface area contributed by atoms with Crippen LogP contribution in [0.2, 0.25) is 0 Å². The van der Waals surface area contributed by atoms with Crippen LogP contribution in [0.4, 0.5) is 19.0 Å². The molecular weight excluding hydrogens is 511 g/mol. The van der Waals surface area contributed by atoms with Crippen LogP contribution in [0.5, 0.6) is 5.75 Å². The molecule has 2 heterocycles. The molecular formula is C28H28F3N5O3. The number of halogens is 3. The summed E-state index contributed by atoms with van der Waals surface area (Å²) < 4.78 is 41.2. The van der Waals surface area contributed by atoms with Crippen molar-refractivity contribution in [2.75, 3.05) is 5.32 Å². The molecule has 1 aliphatic rings. The molecule has 2 aromatic carbocycles. The zero-order valence-corrected chi connectivity index (χ0v) is 21.5. The van der Waals surface area contributed by atoms with Gasteiger partial charge in [0.25, 0.3) is 0 Å². The van der Waals surface area contributed by atoms with E-state index in [1.54, 1.807) is 22.8 Å². The van der Waals surface area contributed by atoms with Gasteiger partial charge >= 0.3 is 12.1 Å². The molecule has 2 aromatic heterocycles. The number of fused-ring (bicyclic) bond motifs is 1. The summed E-state index contributed by atoms with van der Waals surface area (Å²) in [5.74, 6) is -0.810. The number of imidazole rings is 1. The Morgan fingerprint density at radius 1 is 1.10 bits per heavy atom. The number of rotatable bonds is 8. The van der Waals surface area contributed by atoms with Gasteiger partial charge in [0.2, 0.25) is 5.82 Å². The predicted molar refractivity (Wildman–Crippen MR) is 140 cm³/mol. The van der Waals surface area contributed by atoms with Crippen LogP contribution in [0.1, 0.15) is 60.4 Å². The smallest absolute Gasteiger partial charge is 0.416 e. The van der Waals surface area contributed by atoms with Gasteiger partial charge in [-0.25, -0.2) is 19.7 Å². The number of aryl methyl sites for hydroxylation is 1. The monoisotopic (exact) mass is 539 g/mol. The van der Waals surface area contributed by atoms with E-state index in [1.807, 2.05) is 13.8 Å². The molecule has 1 aliphatic carbocycles. The first-order chi connectivity index (χ1) is 18.5. The summed E-state index contributed by atoms with van der Waals surface area (Å²) in [6.45, 7) is 4.06. The minimum Gasteiger partial charge on any atom is -0.507 e. The first kappa shape index (κ1) is 26.5. The molecule has 0 bridgehead atoms. The summed E-state index contributed by atoms with van der Waals surface area (Å²) in [4.78, 5) is 25.0. The van der Waals surface area contributed by atoms with Crippen molar-refractivity contribution in [3.63, 3.8) is 0 Å². The number of nitrogens with one attached hydrogen (secondary N) is 1.